The van der Waals surface area contributed by atoms with Crippen LogP contribution >= 0.6 is 0 Å². The molecular weight excluding hydrogens is 817 g/mol. The summed E-state index contributed by atoms with van der Waals surface area (Å²) in [6.07, 6.45) is 10.7. The standard InChI is InChI=1S/C50H64N4O8S/c1-7-26-54(63(57,58)44-22-14-18-35-19-15-25-51-48(35)44)45-32-42(53-62-49(4,5)6)40-30-36(17-9-11-27-55)39(21-10-12-28-56)46-41-31-38(59-33-37-20-13-16-34(3)52-37)23-24-43(41)61-50(45,47(40)46)60-29-8-2/h8,13-16,18-20,22-25,30-31,36,39,45-47,55-56H,2,7,9-12,17,21,26-29,32-33H2,1,3-6H3. The van der Waals surface area contributed by atoms with Gasteiger partial charge in [0.25, 0.3) is 0 Å². The first-order valence-corrected chi connectivity index (χ1v) is 24.0. The van der Waals surface area contributed by atoms with Crippen LogP contribution in [0.25, 0.3) is 10.9 Å². The topological polar surface area (TPSA) is 153 Å². The number of ether oxygens (including phenoxy) is 3. The van der Waals surface area contributed by atoms with Crippen LogP contribution in [0.15, 0.2) is 107 Å². The molecule has 13 heteroatoms. The van der Waals surface area contributed by atoms with Gasteiger partial charge in [-0.3, -0.25) is 9.97 Å². The molecule has 6 atom stereocenters. The number of unbranched alkanes of at least 4 members (excludes halogenated alkanes) is 2. The minimum Gasteiger partial charge on any atom is -0.487 e. The largest absolute Gasteiger partial charge is 0.487 e. The van der Waals surface area contributed by atoms with Gasteiger partial charge in [0, 0.05) is 54.9 Å². The van der Waals surface area contributed by atoms with Crippen molar-refractivity contribution in [2.24, 2.45) is 22.9 Å². The fourth-order valence-electron chi connectivity index (χ4n) is 9.82. The minimum atomic E-state index is -4.28. The number of sulfonamides is 1. The molecule has 1 saturated carbocycles. The van der Waals surface area contributed by atoms with Gasteiger partial charge >= 0.3 is 0 Å². The van der Waals surface area contributed by atoms with E-state index in [9.17, 15) is 10.2 Å². The molecule has 0 radical (unpaired) electrons. The van der Waals surface area contributed by atoms with E-state index in [2.05, 4.69) is 28.7 Å². The van der Waals surface area contributed by atoms with Gasteiger partial charge in [-0.1, -0.05) is 61.3 Å². The predicted molar refractivity (Wildman–Crippen MR) is 245 cm³/mol. The lowest BCUT2D eigenvalue weighted by molar-refractivity contribution is -0.251. The molecule has 2 aliphatic carbocycles. The number of aliphatic hydroxyl groups is 2. The van der Waals surface area contributed by atoms with Crippen LogP contribution in [0.5, 0.6) is 11.5 Å². The average Bonchev–Trinajstić information content (AvgIpc) is 3.26. The number of aromatic nitrogens is 2. The molecule has 1 aliphatic heterocycles. The zero-order valence-electron chi connectivity index (χ0n) is 37.4. The molecule has 63 heavy (non-hydrogen) atoms. The van der Waals surface area contributed by atoms with Crippen LogP contribution in [-0.4, -0.2) is 82.4 Å². The molecule has 3 aliphatic rings. The second kappa shape index (κ2) is 20.0. The molecule has 4 aromatic rings. The monoisotopic (exact) mass is 880 g/mol. The summed E-state index contributed by atoms with van der Waals surface area (Å²) in [5, 5.41) is 25.6. The van der Waals surface area contributed by atoms with E-state index in [0.717, 1.165) is 48.2 Å². The van der Waals surface area contributed by atoms with Crippen molar-refractivity contribution in [2.75, 3.05) is 26.4 Å². The van der Waals surface area contributed by atoms with E-state index in [4.69, 9.17) is 24.2 Å². The average molecular weight is 881 g/mol. The summed E-state index contributed by atoms with van der Waals surface area (Å²) in [6, 6.07) is 19.7. The van der Waals surface area contributed by atoms with Crippen LogP contribution in [0.1, 0.15) is 102 Å². The molecule has 7 rings (SSSR count). The highest BCUT2D eigenvalue weighted by atomic mass is 32.2. The van der Waals surface area contributed by atoms with Gasteiger partial charge in [-0.25, -0.2) is 8.42 Å². The Balaban J connectivity index is 1.48. The lowest BCUT2D eigenvalue weighted by Crippen LogP contribution is -2.70. The first-order valence-electron chi connectivity index (χ1n) is 22.5. The maximum atomic E-state index is 15.5. The number of benzene rings is 2. The van der Waals surface area contributed by atoms with Crippen LogP contribution in [0.3, 0.4) is 0 Å². The van der Waals surface area contributed by atoms with Crippen LogP contribution in [-0.2, 0) is 26.2 Å². The fourth-order valence-corrected chi connectivity index (χ4v) is 11.7. The van der Waals surface area contributed by atoms with Crippen molar-refractivity contribution in [3.8, 4) is 11.5 Å². The number of nitrogens with zero attached hydrogens (tertiary/aromatic N) is 4. The molecule has 6 unspecified atom stereocenters. The summed E-state index contributed by atoms with van der Waals surface area (Å²) in [7, 11) is -4.28. The number of aliphatic hydroxyl groups excluding tert-OH is 2. The second-order valence-corrected chi connectivity index (χ2v) is 19.8. The Kier molecular flexibility index (Phi) is 14.7. The van der Waals surface area contributed by atoms with Crippen molar-refractivity contribution in [3.63, 3.8) is 0 Å². The maximum Gasteiger partial charge on any atom is 0.245 e. The van der Waals surface area contributed by atoms with E-state index >= 15 is 8.42 Å². The number of pyridine rings is 2. The Labute approximate surface area is 373 Å². The van der Waals surface area contributed by atoms with Crippen molar-refractivity contribution >= 4 is 26.6 Å². The molecular formula is C50H64N4O8S. The van der Waals surface area contributed by atoms with Gasteiger partial charge in [0.2, 0.25) is 15.8 Å². The summed E-state index contributed by atoms with van der Waals surface area (Å²) in [6.45, 7) is 14.5. The van der Waals surface area contributed by atoms with E-state index in [0.29, 0.717) is 47.4 Å². The maximum absolute atomic E-state index is 15.5. The van der Waals surface area contributed by atoms with E-state index in [-0.39, 0.29) is 62.0 Å². The number of allylic oxidation sites excluding steroid dienone is 1. The summed E-state index contributed by atoms with van der Waals surface area (Å²) in [5.74, 6) is -1.10. The summed E-state index contributed by atoms with van der Waals surface area (Å²) in [4.78, 5) is 15.6. The van der Waals surface area contributed by atoms with Gasteiger partial charge in [0.15, 0.2) is 0 Å². The van der Waals surface area contributed by atoms with Gasteiger partial charge < -0.3 is 29.3 Å². The molecule has 0 saturated heterocycles. The number of hydrogen-bond acceptors (Lipinski definition) is 11. The quantitative estimate of drug-likeness (QED) is 0.0500. The first kappa shape index (κ1) is 46.3. The molecule has 12 nitrogen and oxygen atoms in total. The third kappa shape index (κ3) is 9.88. The number of hydrogen-bond donors (Lipinski definition) is 2. The van der Waals surface area contributed by atoms with Crippen LogP contribution in [0.4, 0.5) is 0 Å². The third-order valence-electron chi connectivity index (χ3n) is 12.4. The van der Waals surface area contributed by atoms with Gasteiger partial charge in [0.1, 0.15) is 28.6 Å². The zero-order valence-corrected chi connectivity index (χ0v) is 38.2. The molecule has 1 fully saturated rings. The summed E-state index contributed by atoms with van der Waals surface area (Å²) >= 11 is 0. The van der Waals surface area contributed by atoms with E-state index in [1.807, 2.05) is 77.1 Å². The molecule has 0 bridgehead atoms. The Morgan fingerprint density at radius 3 is 2.51 bits per heavy atom. The number of rotatable bonds is 20. The first-order chi connectivity index (χ1) is 30.3. The Hall–Kier alpha value is -4.66. The number of aryl methyl sites for hydroxylation is 1. The van der Waals surface area contributed by atoms with Crippen molar-refractivity contribution in [2.45, 2.75) is 121 Å². The molecule has 0 amide bonds. The highest BCUT2D eigenvalue weighted by Gasteiger charge is 2.66. The van der Waals surface area contributed by atoms with E-state index < -0.39 is 33.4 Å². The van der Waals surface area contributed by atoms with Gasteiger partial charge in [-0.15, -0.1) is 6.58 Å². The molecule has 3 heterocycles. The fraction of sp³-hybridized carbons (Fsp3) is 0.500. The molecule has 338 valence electrons. The van der Waals surface area contributed by atoms with Gasteiger partial charge in [0.05, 0.1) is 35.5 Å². The normalized spacial score (nSPS) is 23.8. The van der Waals surface area contributed by atoms with E-state index in [1.54, 1.807) is 34.8 Å². The Morgan fingerprint density at radius 2 is 1.78 bits per heavy atom. The lowest BCUT2D eigenvalue weighted by atomic mass is 9.55. The third-order valence-corrected chi connectivity index (χ3v) is 14.3. The second-order valence-electron chi connectivity index (χ2n) is 18.0. The zero-order chi connectivity index (χ0) is 44.8. The molecule has 2 aromatic carbocycles. The predicted octanol–water partition coefficient (Wildman–Crippen LogP) is 9.05. The van der Waals surface area contributed by atoms with Gasteiger partial charge in [-0.05, 0) is 120 Å². The van der Waals surface area contributed by atoms with Crippen molar-refractivity contribution in [1.29, 1.82) is 0 Å². The lowest BCUT2D eigenvalue weighted by Gasteiger charge is -2.59. The number of para-hydroxylation sites is 1. The Morgan fingerprint density at radius 1 is 1.02 bits per heavy atom. The van der Waals surface area contributed by atoms with Crippen molar-refractivity contribution in [3.05, 3.63) is 114 Å². The molecule has 0 spiro atoms. The molecule has 2 N–H and O–H groups in total. The van der Waals surface area contributed by atoms with E-state index in [1.165, 1.54) is 0 Å². The highest BCUT2D eigenvalue weighted by Crippen LogP contribution is 2.62. The number of oxime groups is 1. The summed E-state index contributed by atoms with van der Waals surface area (Å²) in [5.41, 5.74) is 3.93. The number of fused-ring (bicyclic) bond motifs is 3. The van der Waals surface area contributed by atoms with Crippen LogP contribution in [0.2, 0.25) is 0 Å². The van der Waals surface area contributed by atoms with Crippen molar-refractivity contribution in [1.82, 2.24) is 14.3 Å². The van der Waals surface area contributed by atoms with Crippen molar-refractivity contribution < 1.29 is 37.7 Å². The highest BCUT2D eigenvalue weighted by molar-refractivity contribution is 7.89. The summed E-state index contributed by atoms with van der Waals surface area (Å²) < 4.78 is 53.6. The van der Waals surface area contributed by atoms with Crippen LogP contribution < -0.4 is 9.47 Å². The minimum absolute atomic E-state index is 0.00840. The molecule has 2 aromatic heterocycles. The SMILES string of the molecule is C=CCOC12Oc3ccc(OCc4cccc(C)n4)cc3C3C(CCCCO)C(CCCCO)C=C(C(=NOC(C)(C)C)CC1N(CCC)S(=O)(=O)c1cccc4cccnc14)C32. The van der Waals surface area contributed by atoms with Gasteiger partial charge in [-0.2, -0.15) is 4.31 Å². The smallest absolute Gasteiger partial charge is 0.245 e. The Bertz CT molecular complexity index is 2390. The van der Waals surface area contributed by atoms with Crippen LogP contribution in [0, 0.1) is 24.7 Å².